The number of rotatable bonds is 3. The fraction of sp³-hybridized carbons (Fsp3) is 0.600. The van der Waals surface area contributed by atoms with Gasteiger partial charge in [0, 0.05) is 25.0 Å². The third-order valence-electron chi connectivity index (χ3n) is 3.91. The molecule has 0 radical (unpaired) electrons. The monoisotopic (exact) mass is 261 g/mol. The molecule has 2 rings (SSSR count). The Morgan fingerprint density at radius 3 is 2.63 bits per heavy atom. The number of hydrogen-bond acceptors (Lipinski definition) is 3. The zero-order chi connectivity index (χ0) is 13.8. The number of pyridine rings is 1. The van der Waals surface area contributed by atoms with E-state index in [1.807, 2.05) is 20.0 Å². The van der Waals surface area contributed by atoms with Crippen LogP contribution in [-0.4, -0.2) is 24.0 Å². The van der Waals surface area contributed by atoms with E-state index < -0.39 is 0 Å². The highest BCUT2D eigenvalue weighted by molar-refractivity contribution is 5.99. The lowest BCUT2D eigenvalue weighted by molar-refractivity contribution is 0.0923. The van der Waals surface area contributed by atoms with Gasteiger partial charge in [-0.3, -0.25) is 9.78 Å². The molecule has 1 aromatic rings. The van der Waals surface area contributed by atoms with Crippen LogP contribution in [0.3, 0.4) is 0 Å². The zero-order valence-electron chi connectivity index (χ0n) is 12.0. The summed E-state index contributed by atoms with van der Waals surface area (Å²) >= 11 is 0. The standard InChI is InChI=1S/C15H23N3O/c1-10-4-6-12(7-5-10)18-15(19)13-9-17-11(2)8-14(13)16-3/h8-10,12H,4-7H2,1-3H3,(H,16,17)(H,18,19). The van der Waals surface area contributed by atoms with Gasteiger partial charge in [-0.1, -0.05) is 6.92 Å². The number of aromatic nitrogens is 1. The number of hydrogen-bond donors (Lipinski definition) is 2. The van der Waals surface area contributed by atoms with E-state index in [9.17, 15) is 4.79 Å². The smallest absolute Gasteiger partial charge is 0.255 e. The number of anilines is 1. The van der Waals surface area contributed by atoms with Gasteiger partial charge in [-0.2, -0.15) is 0 Å². The number of carbonyl (C=O) groups is 1. The van der Waals surface area contributed by atoms with Gasteiger partial charge in [-0.15, -0.1) is 0 Å². The van der Waals surface area contributed by atoms with Crippen molar-refractivity contribution in [2.75, 3.05) is 12.4 Å². The van der Waals surface area contributed by atoms with Gasteiger partial charge < -0.3 is 10.6 Å². The third-order valence-corrected chi connectivity index (χ3v) is 3.91. The molecule has 0 unspecified atom stereocenters. The Labute approximate surface area is 115 Å². The van der Waals surface area contributed by atoms with Crippen molar-refractivity contribution in [3.8, 4) is 0 Å². The van der Waals surface area contributed by atoms with Crippen molar-refractivity contribution in [2.24, 2.45) is 5.92 Å². The maximum atomic E-state index is 12.3. The van der Waals surface area contributed by atoms with Crippen LogP contribution in [0.5, 0.6) is 0 Å². The van der Waals surface area contributed by atoms with Gasteiger partial charge in [0.05, 0.1) is 11.3 Å². The molecule has 0 spiro atoms. The number of aryl methyl sites for hydroxylation is 1. The molecule has 4 nitrogen and oxygen atoms in total. The highest BCUT2D eigenvalue weighted by atomic mass is 16.1. The van der Waals surface area contributed by atoms with E-state index in [1.54, 1.807) is 6.20 Å². The average molecular weight is 261 g/mol. The van der Waals surface area contributed by atoms with E-state index in [-0.39, 0.29) is 5.91 Å². The van der Waals surface area contributed by atoms with Gasteiger partial charge in [-0.05, 0) is 44.6 Å². The lowest BCUT2D eigenvalue weighted by Crippen LogP contribution is -2.37. The Morgan fingerprint density at radius 1 is 1.32 bits per heavy atom. The van der Waals surface area contributed by atoms with Crippen molar-refractivity contribution in [1.82, 2.24) is 10.3 Å². The van der Waals surface area contributed by atoms with E-state index in [1.165, 1.54) is 12.8 Å². The summed E-state index contributed by atoms with van der Waals surface area (Å²) < 4.78 is 0. The van der Waals surface area contributed by atoms with Crippen molar-refractivity contribution in [3.63, 3.8) is 0 Å². The number of nitrogens with zero attached hydrogens (tertiary/aromatic N) is 1. The van der Waals surface area contributed by atoms with Gasteiger partial charge in [0.1, 0.15) is 0 Å². The first-order valence-corrected chi connectivity index (χ1v) is 7.05. The number of amides is 1. The van der Waals surface area contributed by atoms with Crippen LogP contribution in [0.2, 0.25) is 0 Å². The molecule has 19 heavy (non-hydrogen) atoms. The van der Waals surface area contributed by atoms with Crippen LogP contribution < -0.4 is 10.6 Å². The molecule has 0 aromatic carbocycles. The topological polar surface area (TPSA) is 54.0 Å². The summed E-state index contributed by atoms with van der Waals surface area (Å²) in [5.41, 5.74) is 2.38. The van der Waals surface area contributed by atoms with Gasteiger partial charge in [0.25, 0.3) is 5.91 Å². The molecular weight excluding hydrogens is 238 g/mol. The van der Waals surface area contributed by atoms with E-state index >= 15 is 0 Å². The molecule has 1 amide bonds. The quantitative estimate of drug-likeness (QED) is 0.879. The Bertz CT molecular complexity index is 451. The summed E-state index contributed by atoms with van der Waals surface area (Å²) in [6, 6.07) is 2.22. The van der Waals surface area contributed by atoms with Gasteiger partial charge in [0.2, 0.25) is 0 Å². The van der Waals surface area contributed by atoms with Crippen molar-refractivity contribution >= 4 is 11.6 Å². The lowest BCUT2D eigenvalue weighted by atomic mass is 9.87. The molecule has 0 aliphatic heterocycles. The maximum Gasteiger partial charge on any atom is 0.255 e. The second-order valence-corrected chi connectivity index (χ2v) is 5.55. The summed E-state index contributed by atoms with van der Waals surface area (Å²) in [6.45, 7) is 4.20. The second-order valence-electron chi connectivity index (χ2n) is 5.55. The minimum absolute atomic E-state index is 0.0172. The molecule has 104 valence electrons. The molecule has 1 aliphatic rings. The highest BCUT2D eigenvalue weighted by Crippen LogP contribution is 2.24. The first kappa shape index (κ1) is 13.8. The summed E-state index contributed by atoms with van der Waals surface area (Å²) in [7, 11) is 1.83. The fourth-order valence-electron chi connectivity index (χ4n) is 2.62. The minimum Gasteiger partial charge on any atom is -0.387 e. The Morgan fingerprint density at radius 2 is 2.00 bits per heavy atom. The third kappa shape index (κ3) is 3.46. The Hall–Kier alpha value is -1.58. The van der Waals surface area contributed by atoms with Crippen molar-refractivity contribution < 1.29 is 4.79 Å². The van der Waals surface area contributed by atoms with Gasteiger partial charge in [0.15, 0.2) is 0 Å². The Balaban J connectivity index is 2.03. The molecule has 1 aromatic heterocycles. The molecule has 4 heteroatoms. The molecule has 1 heterocycles. The van der Waals surface area contributed by atoms with Crippen LogP contribution in [0.15, 0.2) is 12.3 Å². The van der Waals surface area contributed by atoms with Crippen LogP contribution in [0, 0.1) is 12.8 Å². The summed E-state index contributed by atoms with van der Waals surface area (Å²) in [5.74, 6) is 0.776. The van der Waals surface area contributed by atoms with Crippen LogP contribution in [-0.2, 0) is 0 Å². The number of nitrogens with one attached hydrogen (secondary N) is 2. The van der Waals surface area contributed by atoms with Crippen LogP contribution in [0.4, 0.5) is 5.69 Å². The van der Waals surface area contributed by atoms with Crippen LogP contribution in [0.25, 0.3) is 0 Å². The molecule has 2 N–H and O–H groups in total. The lowest BCUT2D eigenvalue weighted by Gasteiger charge is -2.27. The fourth-order valence-corrected chi connectivity index (χ4v) is 2.62. The SMILES string of the molecule is CNc1cc(C)ncc1C(=O)NC1CCC(C)CC1. The van der Waals surface area contributed by atoms with E-state index in [2.05, 4.69) is 22.5 Å². The minimum atomic E-state index is -0.0172. The molecule has 0 atom stereocenters. The average Bonchev–Trinajstić information content (AvgIpc) is 2.41. The van der Waals surface area contributed by atoms with Crippen molar-refractivity contribution in [1.29, 1.82) is 0 Å². The first-order chi connectivity index (χ1) is 9.10. The van der Waals surface area contributed by atoms with Crippen molar-refractivity contribution in [3.05, 3.63) is 23.5 Å². The number of carbonyl (C=O) groups excluding carboxylic acids is 1. The van der Waals surface area contributed by atoms with Crippen LogP contribution in [0.1, 0.15) is 48.7 Å². The van der Waals surface area contributed by atoms with E-state index in [0.29, 0.717) is 11.6 Å². The van der Waals surface area contributed by atoms with Gasteiger partial charge >= 0.3 is 0 Å². The summed E-state index contributed by atoms with van der Waals surface area (Å²) in [4.78, 5) is 16.5. The molecule has 0 saturated heterocycles. The van der Waals surface area contributed by atoms with Gasteiger partial charge in [-0.25, -0.2) is 0 Å². The molecule has 0 bridgehead atoms. The predicted octanol–water partition coefficient (Wildman–Crippen LogP) is 2.74. The summed E-state index contributed by atoms with van der Waals surface area (Å²) in [6.07, 6.45) is 6.23. The maximum absolute atomic E-state index is 12.3. The first-order valence-electron chi connectivity index (χ1n) is 7.05. The largest absolute Gasteiger partial charge is 0.387 e. The zero-order valence-corrected chi connectivity index (χ0v) is 12.0. The van der Waals surface area contributed by atoms with Crippen molar-refractivity contribution in [2.45, 2.75) is 45.6 Å². The Kier molecular flexibility index (Phi) is 4.40. The predicted molar refractivity (Wildman–Crippen MR) is 77.4 cm³/mol. The molecule has 1 saturated carbocycles. The molecule has 1 fully saturated rings. The second kappa shape index (κ2) is 6.04. The molecule has 1 aliphatic carbocycles. The highest BCUT2D eigenvalue weighted by Gasteiger charge is 2.21. The summed E-state index contributed by atoms with van der Waals surface area (Å²) in [5, 5.41) is 6.19. The van der Waals surface area contributed by atoms with E-state index in [0.717, 1.165) is 30.1 Å². The van der Waals surface area contributed by atoms with Crippen LogP contribution >= 0.6 is 0 Å². The molecular formula is C15H23N3O. The van der Waals surface area contributed by atoms with E-state index in [4.69, 9.17) is 0 Å². The normalized spacial score (nSPS) is 22.9.